The van der Waals surface area contributed by atoms with Gasteiger partial charge in [0, 0.05) is 5.57 Å². The Morgan fingerprint density at radius 1 is 1.60 bits per heavy atom. The molecule has 0 aromatic heterocycles. The molecule has 52 valence electrons. The van der Waals surface area contributed by atoms with Crippen molar-refractivity contribution >= 4 is 0 Å². The van der Waals surface area contributed by atoms with Crippen molar-refractivity contribution in [2.75, 3.05) is 0 Å². The molecule has 0 aliphatic carbocycles. The molecule has 0 amide bonds. The fraction of sp³-hybridized carbons (Fsp3) is 0.200. The van der Waals surface area contributed by atoms with Crippen LogP contribution in [0, 0.1) is 12.3 Å². The summed E-state index contributed by atoms with van der Waals surface area (Å²) in [7, 11) is 0. The number of rotatable bonds is 3. The minimum atomic E-state index is 0.709. The number of hydrogen-bond acceptors (Lipinski definition) is 0. The molecule has 0 saturated heterocycles. The van der Waals surface area contributed by atoms with E-state index in [1.54, 1.807) is 0 Å². The molecule has 0 atom stereocenters. The molecule has 0 aliphatic heterocycles. The summed E-state index contributed by atoms with van der Waals surface area (Å²) in [5.74, 6) is 2.43. The van der Waals surface area contributed by atoms with Gasteiger partial charge in [-0.1, -0.05) is 37.7 Å². The van der Waals surface area contributed by atoms with Gasteiger partial charge in [-0.3, -0.25) is 0 Å². The maximum Gasteiger partial charge on any atom is 0.0170 e. The van der Waals surface area contributed by atoms with Gasteiger partial charge in [0.25, 0.3) is 0 Å². The molecular weight excluding hydrogens is 120 g/mol. The maximum absolute atomic E-state index is 5.06. The highest BCUT2D eigenvalue weighted by Crippen LogP contribution is 1.89. The Labute approximate surface area is 63.0 Å². The van der Waals surface area contributed by atoms with Crippen LogP contribution in [-0.4, -0.2) is 0 Å². The first kappa shape index (κ1) is 8.78. The molecule has 0 saturated carbocycles. The SMILES string of the molecule is C#CC(=C)/C=C\C=C/CC. The molecule has 0 fully saturated rings. The standard InChI is InChI=1S/C10H12/c1-4-6-7-8-9-10(3)5-2/h2,6-9H,3-4H2,1H3/b7-6-,9-8-. The second-order valence-corrected chi connectivity index (χ2v) is 1.87. The molecule has 10 heavy (non-hydrogen) atoms. The van der Waals surface area contributed by atoms with Crippen molar-refractivity contribution in [1.82, 2.24) is 0 Å². The quantitative estimate of drug-likeness (QED) is 0.409. The van der Waals surface area contributed by atoms with E-state index in [0.29, 0.717) is 5.57 Å². The lowest BCUT2D eigenvalue weighted by Gasteiger charge is -1.79. The molecule has 0 heterocycles. The third-order valence-electron chi connectivity index (χ3n) is 0.966. The van der Waals surface area contributed by atoms with Crippen molar-refractivity contribution in [2.45, 2.75) is 13.3 Å². The van der Waals surface area contributed by atoms with Crippen LogP contribution >= 0.6 is 0 Å². The maximum atomic E-state index is 5.06. The van der Waals surface area contributed by atoms with Gasteiger partial charge >= 0.3 is 0 Å². The summed E-state index contributed by atoms with van der Waals surface area (Å²) in [5.41, 5.74) is 0.709. The average molecular weight is 132 g/mol. The van der Waals surface area contributed by atoms with Crippen LogP contribution in [-0.2, 0) is 0 Å². The largest absolute Gasteiger partial charge is 0.115 e. The Balaban J connectivity index is 3.69. The lowest BCUT2D eigenvalue weighted by atomic mass is 10.3. The lowest BCUT2D eigenvalue weighted by molar-refractivity contribution is 1.22. The van der Waals surface area contributed by atoms with Gasteiger partial charge in [0.15, 0.2) is 0 Å². The number of terminal acetylenes is 1. The van der Waals surface area contributed by atoms with E-state index in [2.05, 4.69) is 25.5 Å². The smallest absolute Gasteiger partial charge is 0.0170 e. The summed E-state index contributed by atoms with van der Waals surface area (Å²) in [5, 5.41) is 0. The molecule has 0 nitrogen and oxygen atoms in total. The van der Waals surface area contributed by atoms with E-state index >= 15 is 0 Å². The van der Waals surface area contributed by atoms with Crippen molar-refractivity contribution in [1.29, 1.82) is 0 Å². The van der Waals surface area contributed by atoms with Gasteiger partial charge in [0.1, 0.15) is 0 Å². The molecule has 0 rings (SSSR count). The van der Waals surface area contributed by atoms with E-state index in [9.17, 15) is 0 Å². The minimum Gasteiger partial charge on any atom is -0.115 e. The highest BCUT2D eigenvalue weighted by molar-refractivity contribution is 5.34. The van der Waals surface area contributed by atoms with Gasteiger partial charge in [-0.25, -0.2) is 0 Å². The van der Waals surface area contributed by atoms with Crippen LogP contribution in [0.2, 0.25) is 0 Å². The van der Waals surface area contributed by atoms with Crippen molar-refractivity contribution in [3.63, 3.8) is 0 Å². The molecule has 0 heteroatoms. The van der Waals surface area contributed by atoms with E-state index in [1.807, 2.05) is 18.2 Å². The predicted octanol–water partition coefficient (Wildman–Crippen LogP) is 2.70. The van der Waals surface area contributed by atoms with Crippen molar-refractivity contribution < 1.29 is 0 Å². The minimum absolute atomic E-state index is 0.709. The third-order valence-corrected chi connectivity index (χ3v) is 0.966. The number of hydrogen-bond donors (Lipinski definition) is 0. The van der Waals surface area contributed by atoms with Crippen LogP contribution in [0.15, 0.2) is 36.5 Å². The molecule has 0 unspecified atom stereocenters. The Hall–Kier alpha value is -1.22. The van der Waals surface area contributed by atoms with Gasteiger partial charge in [-0.05, 0) is 12.5 Å². The van der Waals surface area contributed by atoms with Crippen molar-refractivity contribution in [2.24, 2.45) is 0 Å². The molecule has 0 radical (unpaired) electrons. The van der Waals surface area contributed by atoms with Crippen molar-refractivity contribution in [3.8, 4) is 12.3 Å². The van der Waals surface area contributed by atoms with Gasteiger partial charge < -0.3 is 0 Å². The molecule has 0 aliphatic rings. The molecular formula is C10H12. The third kappa shape index (κ3) is 4.93. The molecule has 0 aromatic rings. The summed E-state index contributed by atoms with van der Waals surface area (Å²) in [6.45, 7) is 5.70. The second-order valence-electron chi connectivity index (χ2n) is 1.87. The van der Waals surface area contributed by atoms with Crippen LogP contribution in [0.5, 0.6) is 0 Å². The number of allylic oxidation sites excluding steroid dienone is 5. The second kappa shape index (κ2) is 5.91. The summed E-state index contributed by atoms with van der Waals surface area (Å²) in [6.07, 6.45) is 13.8. The van der Waals surface area contributed by atoms with E-state index in [1.165, 1.54) is 0 Å². The van der Waals surface area contributed by atoms with Crippen LogP contribution in [0.4, 0.5) is 0 Å². The highest BCUT2D eigenvalue weighted by atomic mass is 13.8. The summed E-state index contributed by atoms with van der Waals surface area (Å²) < 4.78 is 0. The van der Waals surface area contributed by atoms with E-state index in [-0.39, 0.29) is 0 Å². The Morgan fingerprint density at radius 2 is 2.30 bits per heavy atom. The monoisotopic (exact) mass is 132 g/mol. The summed E-state index contributed by atoms with van der Waals surface area (Å²) >= 11 is 0. The zero-order chi connectivity index (χ0) is 7.82. The molecule has 0 bridgehead atoms. The summed E-state index contributed by atoms with van der Waals surface area (Å²) in [4.78, 5) is 0. The van der Waals surface area contributed by atoms with Crippen LogP contribution in [0.1, 0.15) is 13.3 Å². The topological polar surface area (TPSA) is 0 Å². The van der Waals surface area contributed by atoms with Crippen molar-refractivity contribution in [3.05, 3.63) is 36.5 Å². The fourth-order valence-corrected chi connectivity index (χ4v) is 0.434. The first-order valence-corrected chi connectivity index (χ1v) is 3.30. The fourth-order valence-electron chi connectivity index (χ4n) is 0.434. The molecule has 0 aromatic carbocycles. The van der Waals surface area contributed by atoms with E-state index in [0.717, 1.165) is 6.42 Å². The van der Waals surface area contributed by atoms with Gasteiger partial charge in [-0.15, -0.1) is 6.42 Å². The first-order chi connectivity index (χ1) is 4.81. The zero-order valence-electron chi connectivity index (χ0n) is 6.30. The lowest BCUT2D eigenvalue weighted by Crippen LogP contribution is -1.62. The van der Waals surface area contributed by atoms with Crippen LogP contribution in [0.25, 0.3) is 0 Å². The highest BCUT2D eigenvalue weighted by Gasteiger charge is 1.72. The zero-order valence-corrected chi connectivity index (χ0v) is 6.30. The van der Waals surface area contributed by atoms with Crippen LogP contribution < -0.4 is 0 Å². The normalized spacial score (nSPS) is 10.4. The summed E-state index contributed by atoms with van der Waals surface area (Å²) in [6, 6.07) is 0. The van der Waals surface area contributed by atoms with Gasteiger partial charge in [0.05, 0.1) is 0 Å². The Morgan fingerprint density at radius 3 is 2.80 bits per heavy atom. The molecule has 0 N–H and O–H groups in total. The van der Waals surface area contributed by atoms with Gasteiger partial charge in [-0.2, -0.15) is 0 Å². The van der Waals surface area contributed by atoms with Crippen LogP contribution in [0.3, 0.4) is 0 Å². The van der Waals surface area contributed by atoms with E-state index in [4.69, 9.17) is 6.42 Å². The van der Waals surface area contributed by atoms with Gasteiger partial charge in [0.2, 0.25) is 0 Å². The van der Waals surface area contributed by atoms with E-state index < -0.39 is 0 Å². The Kier molecular flexibility index (Phi) is 5.19. The molecule has 0 spiro atoms. The first-order valence-electron chi connectivity index (χ1n) is 3.30. The predicted molar refractivity (Wildman–Crippen MR) is 46.5 cm³/mol. The average Bonchev–Trinajstić information content (AvgIpc) is 1.98. The Bertz CT molecular complexity index is 187.